The van der Waals surface area contributed by atoms with Crippen LogP contribution in [0.3, 0.4) is 0 Å². The number of rotatable bonds is 9. The summed E-state index contributed by atoms with van der Waals surface area (Å²) < 4.78 is 0. The van der Waals surface area contributed by atoms with Gasteiger partial charge in [-0.2, -0.15) is 0 Å². The van der Waals surface area contributed by atoms with Gasteiger partial charge in [0.15, 0.2) is 0 Å². The summed E-state index contributed by atoms with van der Waals surface area (Å²) in [6.07, 6.45) is 6.25. The number of nitrogens with one attached hydrogen (secondary N) is 1. The van der Waals surface area contributed by atoms with Crippen molar-refractivity contribution >= 4 is 11.6 Å². The number of nitrogens with zero attached hydrogens (tertiary/aromatic N) is 3. The molecule has 1 rings (SSSR count). The van der Waals surface area contributed by atoms with Crippen molar-refractivity contribution in [3.8, 4) is 0 Å². The molecule has 0 aliphatic heterocycles. The summed E-state index contributed by atoms with van der Waals surface area (Å²) in [7, 11) is 1.93. The van der Waals surface area contributed by atoms with Crippen molar-refractivity contribution in [2.24, 2.45) is 5.92 Å². The van der Waals surface area contributed by atoms with Crippen molar-refractivity contribution in [1.29, 1.82) is 0 Å². The van der Waals surface area contributed by atoms with Crippen LogP contribution < -0.4 is 10.2 Å². The lowest BCUT2D eigenvalue weighted by Crippen LogP contribution is -2.31. The maximum atomic E-state index is 4.57. The molecule has 0 fully saturated rings. The summed E-state index contributed by atoms with van der Waals surface area (Å²) >= 11 is 0. The summed E-state index contributed by atoms with van der Waals surface area (Å²) in [5, 5.41) is 3.20. The minimum Gasteiger partial charge on any atom is -0.373 e. The summed E-state index contributed by atoms with van der Waals surface area (Å²) in [6, 6.07) is 0. The van der Waals surface area contributed by atoms with E-state index in [2.05, 4.69) is 47.9 Å². The Balaban J connectivity index is 3.07. The highest BCUT2D eigenvalue weighted by Gasteiger charge is 2.17. The predicted molar refractivity (Wildman–Crippen MR) is 87.5 cm³/mol. The van der Waals surface area contributed by atoms with Crippen LogP contribution in [0.5, 0.6) is 0 Å². The molecule has 0 radical (unpaired) electrons. The van der Waals surface area contributed by atoms with E-state index >= 15 is 0 Å². The summed E-state index contributed by atoms with van der Waals surface area (Å²) in [5.41, 5.74) is 1.25. The molecule has 0 saturated heterocycles. The average Bonchev–Trinajstić information content (AvgIpc) is 2.49. The molecule has 0 saturated carbocycles. The van der Waals surface area contributed by atoms with Crippen LogP contribution in [-0.2, 0) is 6.42 Å². The van der Waals surface area contributed by atoms with Gasteiger partial charge in [0.2, 0.25) is 0 Å². The number of aromatic nitrogens is 2. The average molecular weight is 278 g/mol. The van der Waals surface area contributed by atoms with Crippen LogP contribution in [0.15, 0.2) is 6.33 Å². The van der Waals surface area contributed by atoms with E-state index in [0.717, 1.165) is 43.5 Å². The standard InChI is InChI=1S/C16H30N4/c1-6-10-14-15(17-5)18-12-19-16(14)20(9-4)11-13(7-2)8-3/h12-13H,6-11H2,1-5H3,(H,17,18,19). The molecule has 0 aliphatic carbocycles. The first-order valence-electron chi connectivity index (χ1n) is 7.98. The Morgan fingerprint density at radius 3 is 2.35 bits per heavy atom. The Bertz CT molecular complexity index is 388. The number of anilines is 2. The summed E-state index contributed by atoms with van der Waals surface area (Å²) in [6.45, 7) is 11.0. The third kappa shape index (κ3) is 4.09. The van der Waals surface area contributed by atoms with E-state index in [1.54, 1.807) is 6.33 Å². The Morgan fingerprint density at radius 1 is 1.15 bits per heavy atom. The number of hydrogen-bond donors (Lipinski definition) is 1. The summed E-state index contributed by atoms with van der Waals surface area (Å²) in [5.74, 6) is 2.82. The molecule has 0 amide bonds. The molecule has 1 heterocycles. The van der Waals surface area contributed by atoms with Gasteiger partial charge in [-0.05, 0) is 19.3 Å². The highest BCUT2D eigenvalue weighted by atomic mass is 15.2. The van der Waals surface area contributed by atoms with Crippen molar-refractivity contribution in [3.05, 3.63) is 11.9 Å². The monoisotopic (exact) mass is 278 g/mol. The van der Waals surface area contributed by atoms with Crippen LogP contribution in [0.2, 0.25) is 0 Å². The zero-order valence-electron chi connectivity index (χ0n) is 13.7. The van der Waals surface area contributed by atoms with Gasteiger partial charge in [-0.1, -0.05) is 40.0 Å². The zero-order chi connectivity index (χ0) is 15.0. The Labute approximate surface area is 124 Å². The van der Waals surface area contributed by atoms with Crippen LogP contribution in [0.1, 0.15) is 52.5 Å². The predicted octanol–water partition coefficient (Wildman–Crippen LogP) is 3.73. The normalized spacial score (nSPS) is 10.9. The topological polar surface area (TPSA) is 41.1 Å². The van der Waals surface area contributed by atoms with Crippen LogP contribution in [0.4, 0.5) is 11.6 Å². The second-order valence-corrected chi connectivity index (χ2v) is 5.25. The van der Waals surface area contributed by atoms with Crippen LogP contribution in [0, 0.1) is 5.92 Å². The van der Waals surface area contributed by atoms with Gasteiger partial charge in [0.05, 0.1) is 0 Å². The third-order valence-corrected chi connectivity index (χ3v) is 3.97. The van der Waals surface area contributed by atoms with Gasteiger partial charge in [0, 0.05) is 25.7 Å². The molecule has 0 bridgehead atoms. The Hall–Kier alpha value is -1.32. The molecular formula is C16H30N4. The first-order valence-corrected chi connectivity index (χ1v) is 7.98. The molecule has 1 aromatic rings. The van der Waals surface area contributed by atoms with Crippen molar-refractivity contribution in [2.45, 2.75) is 53.4 Å². The maximum Gasteiger partial charge on any atom is 0.137 e. The van der Waals surface area contributed by atoms with E-state index in [0.29, 0.717) is 0 Å². The Morgan fingerprint density at radius 2 is 1.85 bits per heavy atom. The zero-order valence-corrected chi connectivity index (χ0v) is 13.7. The highest BCUT2D eigenvalue weighted by molar-refractivity contribution is 5.58. The largest absolute Gasteiger partial charge is 0.373 e. The van der Waals surface area contributed by atoms with Crippen molar-refractivity contribution < 1.29 is 0 Å². The molecule has 4 nitrogen and oxygen atoms in total. The molecule has 0 atom stereocenters. The van der Waals surface area contributed by atoms with Crippen LogP contribution in [0.25, 0.3) is 0 Å². The van der Waals surface area contributed by atoms with Gasteiger partial charge in [-0.15, -0.1) is 0 Å². The molecule has 0 aromatic carbocycles. The molecule has 0 aliphatic rings. The van der Waals surface area contributed by atoms with Crippen LogP contribution >= 0.6 is 0 Å². The van der Waals surface area contributed by atoms with E-state index in [1.165, 1.54) is 18.4 Å². The lowest BCUT2D eigenvalue weighted by atomic mass is 10.0. The second-order valence-electron chi connectivity index (χ2n) is 5.25. The first-order chi connectivity index (χ1) is 9.71. The van der Waals surface area contributed by atoms with Gasteiger partial charge in [0.1, 0.15) is 18.0 Å². The van der Waals surface area contributed by atoms with E-state index < -0.39 is 0 Å². The lowest BCUT2D eigenvalue weighted by Gasteiger charge is -2.28. The van der Waals surface area contributed by atoms with E-state index in [-0.39, 0.29) is 0 Å². The maximum absolute atomic E-state index is 4.57. The van der Waals surface area contributed by atoms with Gasteiger partial charge in [-0.3, -0.25) is 0 Å². The second kappa shape index (κ2) is 8.77. The minimum absolute atomic E-state index is 0.734. The number of hydrogen-bond acceptors (Lipinski definition) is 4. The minimum atomic E-state index is 0.734. The molecule has 0 unspecified atom stereocenters. The van der Waals surface area contributed by atoms with Gasteiger partial charge in [-0.25, -0.2) is 9.97 Å². The first kappa shape index (κ1) is 16.7. The van der Waals surface area contributed by atoms with Crippen LogP contribution in [-0.4, -0.2) is 30.1 Å². The van der Waals surface area contributed by atoms with Gasteiger partial charge >= 0.3 is 0 Å². The quantitative estimate of drug-likeness (QED) is 0.747. The molecular weight excluding hydrogens is 248 g/mol. The molecule has 1 N–H and O–H groups in total. The van der Waals surface area contributed by atoms with Crippen molar-refractivity contribution in [2.75, 3.05) is 30.4 Å². The van der Waals surface area contributed by atoms with Crippen molar-refractivity contribution in [1.82, 2.24) is 9.97 Å². The molecule has 4 heteroatoms. The van der Waals surface area contributed by atoms with Gasteiger partial charge < -0.3 is 10.2 Å². The highest BCUT2D eigenvalue weighted by Crippen LogP contribution is 2.26. The molecule has 0 spiro atoms. The summed E-state index contributed by atoms with van der Waals surface area (Å²) in [4.78, 5) is 11.3. The van der Waals surface area contributed by atoms with E-state index in [9.17, 15) is 0 Å². The van der Waals surface area contributed by atoms with E-state index in [4.69, 9.17) is 0 Å². The fourth-order valence-electron chi connectivity index (χ4n) is 2.60. The Kier molecular flexibility index (Phi) is 7.34. The molecule has 1 aromatic heterocycles. The fraction of sp³-hybridized carbons (Fsp3) is 0.750. The van der Waals surface area contributed by atoms with E-state index in [1.807, 2.05) is 7.05 Å². The van der Waals surface area contributed by atoms with Gasteiger partial charge in [0.25, 0.3) is 0 Å². The molecule has 114 valence electrons. The smallest absolute Gasteiger partial charge is 0.137 e. The third-order valence-electron chi connectivity index (χ3n) is 3.97. The SMILES string of the molecule is CCCc1c(NC)ncnc1N(CC)CC(CC)CC. The van der Waals surface area contributed by atoms with Crippen molar-refractivity contribution in [3.63, 3.8) is 0 Å². The molecule has 20 heavy (non-hydrogen) atoms. The lowest BCUT2D eigenvalue weighted by molar-refractivity contribution is 0.483. The fourth-order valence-corrected chi connectivity index (χ4v) is 2.60.